The highest BCUT2D eigenvalue weighted by molar-refractivity contribution is 5.11. The Hall–Kier alpha value is -0.930. The fraction of sp³-hybridized carbons (Fsp3) is 0.706. The molecule has 3 nitrogen and oxygen atoms in total. The Kier molecular flexibility index (Phi) is 4.69. The van der Waals surface area contributed by atoms with E-state index in [-0.39, 0.29) is 0 Å². The minimum atomic E-state index is 0.860. The molecule has 0 amide bonds. The van der Waals surface area contributed by atoms with Crippen molar-refractivity contribution in [3.05, 3.63) is 29.6 Å². The summed E-state index contributed by atoms with van der Waals surface area (Å²) in [6, 6.07) is 6.42. The number of rotatable bonds is 4. The average Bonchev–Trinajstić information content (AvgIpc) is 2.48. The molecule has 1 saturated heterocycles. The van der Waals surface area contributed by atoms with Crippen molar-refractivity contribution in [1.82, 2.24) is 15.2 Å². The fourth-order valence-electron chi connectivity index (χ4n) is 3.95. The van der Waals surface area contributed by atoms with Crippen LogP contribution in [0.2, 0.25) is 0 Å². The molecule has 0 aromatic carbocycles. The average molecular weight is 273 g/mol. The minimum absolute atomic E-state index is 0.860. The van der Waals surface area contributed by atoms with Crippen LogP contribution in [0, 0.1) is 11.8 Å². The van der Waals surface area contributed by atoms with E-state index in [4.69, 9.17) is 4.98 Å². The minimum Gasteiger partial charge on any atom is -0.314 e. The predicted octanol–water partition coefficient (Wildman–Crippen LogP) is 2.81. The third-order valence-corrected chi connectivity index (χ3v) is 4.98. The van der Waals surface area contributed by atoms with Gasteiger partial charge in [0, 0.05) is 19.6 Å². The smallest absolute Gasteiger partial charge is 0.0547 e. The highest BCUT2D eigenvalue weighted by Gasteiger charge is 2.30. The fourth-order valence-corrected chi connectivity index (χ4v) is 3.95. The number of hydrogen-bond acceptors (Lipinski definition) is 3. The van der Waals surface area contributed by atoms with Gasteiger partial charge in [-0.15, -0.1) is 0 Å². The van der Waals surface area contributed by atoms with E-state index in [0.29, 0.717) is 0 Å². The van der Waals surface area contributed by atoms with Crippen molar-refractivity contribution >= 4 is 0 Å². The summed E-state index contributed by atoms with van der Waals surface area (Å²) in [4.78, 5) is 7.38. The van der Waals surface area contributed by atoms with Gasteiger partial charge in [-0.2, -0.15) is 0 Å². The monoisotopic (exact) mass is 273 g/mol. The molecule has 1 aromatic heterocycles. The molecule has 2 heterocycles. The lowest BCUT2D eigenvalue weighted by molar-refractivity contribution is 0.0812. The van der Waals surface area contributed by atoms with E-state index < -0.39 is 0 Å². The second kappa shape index (κ2) is 6.68. The number of likely N-dealkylation sites (tertiary alicyclic amines) is 1. The van der Waals surface area contributed by atoms with Gasteiger partial charge in [0.2, 0.25) is 0 Å². The van der Waals surface area contributed by atoms with Crippen molar-refractivity contribution in [2.24, 2.45) is 11.8 Å². The molecule has 0 radical (unpaired) electrons. The molecular formula is C17H27N3. The third-order valence-electron chi connectivity index (χ3n) is 4.98. The van der Waals surface area contributed by atoms with Crippen LogP contribution in [0.5, 0.6) is 0 Å². The van der Waals surface area contributed by atoms with E-state index in [1.54, 1.807) is 0 Å². The van der Waals surface area contributed by atoms with E-state index in [2.05, 4.69) is 28.4 Å². The Morgan fingerprint density at radius 3 is 2.80 bits per heavy atom. The van der Waals surface area contributed by atoms with Gasteiger partial charge in [-0.05, 0) is 50.4 Å². The van der Waals surface area contributed by atoms with E-state index in [9.17, 15) is 0 Å². The lowest BCUT2D eigenvalue weighted by Gasteiger charge is -2.41. The van der Waals surface area contributed by atoms with Crippen LogP contribution in [0.3, 0.4) is 0 Å². The van der Waals surface area contributed by atoms with Crippen LogP contribution in [-0.4, -0.2) is 30.0 Å². The van der Waals surface area contributed by atoms with E-state index in [1.807, 2.05) is 7.05 Å². The summed E-state index contributed by atoms with van der Waals surface area (Å²) in [5.74, 6) is 1.97. The summed E-state index contributed by atoms with van der Waals surface area (Å²) >= 11 is 0. The van der Waals surface area contributed by atoms with Crippen molar-refractivity contribution in [1.29, 1.82) is 0 Å². The van der Waals surface area contributed by atoms with Crippen LogP contribution in [0.15, 0.2) is 18.2 Å². The first-order valence-corrected chi connectivity index (χ1v) is 8.17. The molecule has 2 unspecified atom stereocenters. The van der Waals surface area contributed by atoms with Gasteiger partial charge in [-0.3, -0.25) is 9.88 Å². The molecule has 3 heteroatoms. The number of nitrogens with one attached hydrogen (secondary N) is 1. The molecule has 1 aliphatic heterocycles. The molecule has 1 aromatic rings. The van der Waals surface area contributed by atoms with Gasteiger partial charge in [-0.25, -0.2) is 0 Å². The van der Waals surface area contributed by atoms with E-state index >= 15 is 0 Å². The third kappa shape index (κ3) is 3.39. The molecular weight excluding hydrogens is 246 g/mol. The maximum atomic E-state index is 4.76. The summed E-state index contributed by atoms with van der Waals surface area (Å²) in [5.41, 5.74) is 2.38. The van der Waals surface area contributed by atoms with E-state index in [1.165, 1.54) is 50.9 Å². The first kappa shape index (κ1) is 14.0. The van der Waals surface area contributed by atoms with Gasteiger partial charge in [0.25, 0.3) is 0 Å². The van der Waals surface area contributed by atoms with Crippen LogP contribution in [0.4, 0.5) is 0 Å². The van der Waals surface area contributed by atoms with Gasteiger partial charge in [-0.1, -0.05) is 25.3 Å². The lowest BCUT2D eigenvalue weighted by atomic mass is 9.75. The zero-order chi connectivity index (χ0) is 13.8. The topological polar surface area (TPSA) is 28.2 Å². The maximum absolute atomic E-state index is 4.76. The Balaban J connectivity index is 1.59. The van der Waals surface area contributed by atoms with Gasteiger partial charge in [0.15, 0.2) is 0 Å². The van der Waals surface area contributed by atoms with Crippen LogP contribution in [0.25, 0.3) is 0 Å². The summed E-state index contributed by atoms with van der Waals surface area (Å²) in [7, 11) is 1.97. The van der Waals surface area contributed by atoms with Crippen molar-refractivity contribution in [3.8, 4) is 0 Å². The molecule has 110 valence electrons. The zero-order valence-electron chi connectivity index (χ0n) is 12.6. The second-order valence-corrected chi connectivity index (χ2v) is 6.48. The molecule has 1 aliphatic carbocycles. The second-order valence-electron chi connectivity index (χ2n) is 6.48. The highest BCUT2D eigenvalue weighted by atomic mass is 15.1. The molecule has 2 fully saturated rings. The summed E-state index contributed by atoms with van der Waals surface area (Å²) in [5, 5.41) is 3.18. The Bertz CT molecular complexity index is 432. The number of nitrogens with zero attached hydrogens (tertiary/aromatic N) is 2. The normalized spacial score (nSPS) is 27.2. The highest BCUT2D eigenvalue weighted by Crippen LogP contribution is 2.36. The van der Waals surface area contributed by atoms with Gasteiger partial charge in [0.05, 0.1) is 11.4 Å². The van der Waals surface area contributed by atoms with Crippen LogP contribution >= 0.6 is 0 Å². The molecule has 2 atom stereocenters. The number of aromatic nitrogens is 1. The maximum Gasteiger partial charge on any atom is 0.0547 e. The van der Waals surface area contributed by atoms with Crippen LogP contribution in [-0.2, 0) is 13.1 Å². The largest absolute Gasteiger partial charge is 0.314 e. The lowest BCUT2D eigenvalue weighted by Crippen LogP contribution is -2.41. The van der Waals surface area contributed by atoms with Gasteiger partial charge in [0.1, 0.15) is 0 Å². The summed E-state index contributed by atoms with van der Waals surface area (Å²) in [6.45, 7) is 4.45. The number of hydrogen-bond donors (Lipinski definition) is 1. The van der Waals surface area contributed by atoms with Crippen molar-refractivity contribution < 1.29 is 0 Å². The SMILES string of the molecule is CNCc1cccc(CN2CCC3CCCCC3C2)n1. The summed E-state index contributed by atoms with van der Waals surface area (Å²) in [6.07, 6.45) is 7.25. The van der Waals surface area contributed by atoms with Crippen molar-refractivity contribution in [2.45, 2.75) is 45.2 Å². The number of fused-ring (bicyclic) bond motifs is 1. The van der Waals surface area contributed by atoms with Gasteiger partial charge >= 0.3 is 0 Å². The van der Waals surface area contributed by atoms with Crippen LogP contribution in [0.1, 0.15) is 43.5 Å². The molecule has 1 N–H and O–H groups in total. The first-order valence-electron chi connectivity index (χ1n) is 8.17. The molecule has 2 aliphatic rings. The Labute approximate surface area is 122 Å². The molecule has 3 rings (SSSR count). The quantitative estimate of drug-likeness (QED) is 0.914. The standard InChI is InChI=1S/C17H27N3/c1-18-11-16-7-4-8-17(19-16)13-20-10-9-14-5-2-3-6-15(14)12-20/h4,7-8,14-15,18H,2-3,5-6,9-13H2,1H3. The zero-order valence-corrected chi connectivity index (χ0v) is 12.6. The van der Waals surface area contributed by atoms with Crippen molar-refractivity contribution in [3.63, 3.8) is 0 Å². The number of piperidine rings is 1. The van der Waals surface area contributed by atoms with E-state index in [0.717, 1.165) is 30.6 Å². The molecule has 1 saturated carbocycles. The predicted molar refractivity (Wildman–Crippen MR) is 82.3 cm³/mol. The first-order chi connectivity index (χ1) is 9.85. The summed E-state index contributed by atoms with van der Waals surface area (Å²) < 4.78 is 0. The Morgan fingerprint density at radius 1 is 1.15 bits per heavy atom. The molecule has 20 heavy (non-hydrogen) atoms. The van der Waals surface area contributed by atoms with Gasteiger partial charge < -0.3 is 5.32 Å². The van der Waals surface area contributed by atoms with Crippen molar-refractivity contribution in [2.75, 3.05) is 20.1 Å². The molecule has 0 spiro atoms. The molecule has 0 bridgehead atoms. The number of pyridine rings is 1. The van der Waals surface area contributed by atoms with Crippen LogP contribution < -0.4 is 5.32 Å². The Morgan fingerprint density at radius 2 is 1.95 bits per heavy atom.